The zero-order valence-electron chi connectivity index (χ0n) is 5.60. The normalized spacial score (nSPS) is 14.3. The molecule has 0 saturated heterocycles. The van der Waals surface area contributed by atoms with E-state index < -0.39 is 11.6 Å². The fraction of sp³-hybridized carbons (Fsp3) is 1.00. The van der Waals surface area contributed by atoms with E-state index in [0.29, 0.717) is 6.61 Å². The molecule has 0 saturated carbocycles. The molecular formula is C5H11F2NO. The van der Waals surface area contributed by atoms with Crippen LogP contribution in [0.5, 0.6) is 0 Å². The van der Waals surface area contributed by atoms with Gasteiger partial charge in [0.2, 0.25) is 0 Å². The first-order chi connectivity index (χ1) is 4.18. The Morgan fingerprint density at radius 2 is 2.11 bits per heavy atom. The van der Waals surface area contributed by atoms with Crippen molar-refractivity contribution in [2.24, 2.45) is 0 Å². The molecule has 0 aliphatic heterocycles. The van der Waals surface area contributed by atoms with Crippen LogP contribution in [0.1, 0.15) is 20.3 Å². The summed E-state index contributed by atoms with van der Waals surface area (Å²) in [7, 11) is 0. The Labute approximate surface area is 53.3 Å². The molecule has 0 radical (unpaired) electrons. The zero-order valence-corrected chi connectivity index (χ0v) is 5.60. The lowest BCUT2D eigenvalue weighted by atomic mass is 10.5. The number of halogens is 2. The molecule has 0 aliphatic rings. The second-order valence-corrected chi connectivity index (χ2v) is 1.73. The minimum atomic E-state index is -1.08. The Morgan fingerprint density at radius 1 is 1.56 bits per heavy atom. The van der Waals surface area contributed by atoms with E-state index in [-0.39, 0.29) is 0 Å². The van der Waals surface area contributed by atoms with Gasteiger partial charge in [-0.3, -0.25) is 0 Å². The van der Waals surface area contributed by atoms with E-state index in [0.717, 1.165) is 6.42 Å². The molecule has 0 aromatic rings. The predicted octanol–water partition coefficient (Wildman–Crippen LogP) is 1.83. The van der Waals surface area contributed by atoms with Crippen LogP contribution in [0.15, 0.2) is 0 Å². The quantitative estimate of drug-likeness (QED) is 0.435. The maximum atomic E-state index is 11.5. The Hall–Kier alpha value is -0.220. The highest BCUT2D eigenvalue weighted by Crippen LogP contribution is 2.01. The van der Waals surface area contributed by atoms with Crippen LogP contribution in [0, 0.1) is 0 Å². The fourth-order valence-electron chi connectivity index (χ4n) is 0.345. The minimum Gasteiger partial charge on any atom is -0.358 e. The highest BCUT2D eigenvalue weighted by atomic mass is 19.4. The van der Waals surface area contributed by atoms with Gasteiger partial charge >= 0.3 is 0 Å². The lowest BCUT2D eigenvalue weighted by molar-refractivity contribution is -0.257. The van der Waals surface area contributed by atoms with Crippen molar-refractivity contribution in [1.82, 2.24) is 5.34 Å². The van der Waals surface area contributed by atoms with E-state index >= 15 is 0 Å². The van der Waals surface area contributed by atoms with Crippen molar-refractivity contribution >= 4 is 0 Å². The van der Waals surface area contributed by atoms with Crippen LogP contribution < -0.4 is 0 Å². The van der Waals surface area contributed by atoms with Crippen LogP contribution in [-0.4, -0.2) is 18.2 Å². The second kappa shape index (κ2) is 4.64. The Morgan fingerprint density at radius 3 is 2.44 bits per heavy atom. The van der Waals surface area contributed by atoms with Gasteiger partial charge in [-0.2, -0.15) is 0 Å². The highest BCUT2D eigenvalue weighted by Gasteiger charge is 2.10. The van der Waals surface area contributed by atoms with E-state index in [1.165, 1.54) is 6.92 Å². The molecule has 1 unspecified atom stereocenters. The molecule has 0 aromatic heterocycles. The fourth-order valence-corrected chi connectivity index (χ4v) is 0.345. The first-order valence-electron chi connectivity index (χ1n) is 2.91. The number of ether oxygens (including phenoxy) is 1. The van der Waals surface area contributed by atoms with Crippen LogP contribution in [0.4, 0.5) is 8.96 Å². The molecule has 0 spiro atoms. The topological polar surface area (TPSA) is 12.5 Å². The smallest absolute Gasteiger partial charge is 0.167 e. The van der Waals surface area contributed by atoms with E-state index in [4.69, 9.17) is 0 Å². The van der Waals surface area contributed by atoms with Gasteiger partial charge in [-0.05, 0) is 13.3 Å². The Bertz CT molecular complexity index is 70.0. The van der Waals surface area contributed by atoms with Gasteiger partial charge in [0, 0.05) is 12.0 Å². The van der Waals surface area contributed by atoms with Crippen LogP contribution >= 0.6 is 0 Å². The Kier molecular flexibility index (Phi) is 4.53. The van der Waals surface area contributed by atoms with Gasteiger partial charge in [-0.15, -0.1) is 0 Å². The van der Waals surface area contributed by atoms with Crippen molar-refractivity contribution in [3.8, 4) is 0 Å². The van der Waals surface area contributed by atoms with Crippen LogP contribution in [0.2, 0.25) is 0 Å². The summed E-state index contributed by atoms with van der Waals surface area (Å²) in [5.74, 6) is 0. The molecule has 0 aromatic carbocycles. The summed E-state index contributed by atoms with van der Waals surface area (Å²) in [6, 6.07) is 0. The highest BCUT2D eigenvalue weighted by molar-refractivity contribution is 4.33. The molecule has 0 amide bonds. The summed E-state index contributed by atoms with van der Waals surface area (Å²) < 4.78 is 27.5. The molecule has 0 heterocycles. The first kappa shape index (κ1) is 8.78. The molecule has 4 heteroatoms. The number of rotatable bonds is 4. The largest absolute Gasteiger partial charge is 0.358 e. The predicted molar refractivity (Wildman–Crippen MR) is 29.8 cm³/mol. The van der Waals surface area contributed by atoms with Gasteiger partial charge in [0.25, 0.3) is 0 Å². The van der Waals surface area contributed by atoms with Crippen molar-refractivity contribution in [2.75, 3.05) is 6.61 Å². The number of nitrogens with zero attached hydrogens (tertiary/aromatic N) is 1. The molecule has 0 aliphatic carbocycles. The van der Waals surface area contributed by atoms with Gasteiger partial charge in [0.1, 0.15) is 0 Å². The lowest BCUT2D eigenvalue weighted by Gasteiger charge is -2.10. The SMILES string of the molecule is CCCOC(C)N(F)F. The van der Waals surface area contributed by atoms with Crippen LogP contribution in [-0.2, 0) is 4.74 Å². The Balaban J connectivity index is 3.16. The lowest BCUT2D eigenvalue weighted by Crippen LogP contribution is -2.20. The third kappa shape index (κ3) is 4.29. The molecule has 1 atom stereocenters. The average molecular weight is 139 g/mol. The van der Waals surface area contributed by atoms with E-state index in [2.05, 4.69) is 4.74 Å². The number of hydrogen-bond acceptors (Lipinski definition) is 2. The second-order valence-electron chi connectivity index (χ2n) is 1.73. The van der Waals surface area contributed by atoms with Gasteiger partial charge in [0.05, 0.1) is 0 Å². The first-order valence-corrected chi connectivity index (χ1v) is 2.91. The van der Waals surface area contributed by atoms with Crippen molar-refractivity contribution in [3.63, 3.8) is 0 Å². The van der Waals surface area contributed by atoms with Gasteiger partial charge in [0.15, 0.2) is 6.23 Å². The zero-order chi connectivity index (χ0) is 7.28. The summed E-state index contributed by atoms with van der Waals surface area (Å²) >= 11 is 0. The molecule has 9 heavy (non-hydrogen) atoms. The molecule has 0 fully saturated rings. The standard InChI is InChI=1S/C5H11F2NO/c1-3-4-9-5(2)8(6)7/h5H,3-4H2,1-2H3. The third-order valence-corrected chi connectivity index (χ3v) is 0.838. The van der Waals surface area contributed by atoms with Gasteiger partial charge < -0.3 is 4.74 Å². The van der Waals surface area contributed by atoms with Crippen LogP contribution in [0.25, 0.3) is 0 Å². The summed E-state index contributed by atoms with van der Waals surface area (Å²) in [6.07, 6.45) is -0.317. The van der Waals surface area contributed by atoms with Crippen LogP contribution in [0.3, 0.4) is 0 Å². The van der Waals surface area contributed by atoms with Crippen molar-refractivity contribution < 1.29 is 13.7 Å². The summed E-state index contributed by atoms with van der Waals surface area (Å²) in [6.45, 7) is 3.55. The molecule has 0 bridgehead atoms. The summed E-state index contributed by atoms with van der Waals surface area (Å²) in [5.41, 5.74) is 0. The maximum Gasteiger partial charge on any atom is 0.167 e. The molecule has 0 rings (SSSR count). The molecule has 0 N–H and O–H groups in total. The monoisotopic (exact) mass is 139 g/mol. The number of hydrogen-bond donors (Lipinski definition) is 0. The molecular weight excluding hydrogens is 128 g/mol. The van der Waals surface area contributed by atoms with Gasteiger partial charge in [-0.1, -0.05) is 15.9 Å². The van der Waals surface area contributed by atoms with E-state index in [9.17, 15) is 8.96 Å². The summed E-state index contributed by atoms with van der Waals surface area (Å²) in [5, 5.41) is -0.949. The third-order valence-electron chi connectivity index (χ3n) is 0.838. The maximum absolute atomic E-state index is 11.5. The van der Waals surface area contributed by atoms with Gasteiger partial charge in [-0.25, -0.2) is 0 Å². The van der Waals surface area contributed by atoms with Crippen molar-refractivity contribution in [3.05, 3.63) is 0 Å². The summed E-state index contributed by atoms with van der Waals surface area (Å²) in [4.78, 5) is 0. The molecule has 56 valence electrons. The van der Waals surface area contributed by atoms with Crippen molar-refractivity contribution in [2.45, 2.75) is 26.5 Å². The van der Waals surface area contributed by atoms with Crippen molar-refractivity contribution in [1.29, 1.82) is 0 Å². The van der Waals surface area contributed by atoms with E-state index in [1.54, 1.807) is 0 Å². The molecule has 2 nitrogen and oxygen atoms in total. The average Bonchev–Trinajstić information content (AvgIpc) is 1.82. The van der Waals surface area contributed by atoms with E-state index in [1.807, 2.05) is 6.92 Å². The minimum absolute atomic E-state index is 0.380.